The topological polar surface area (TPSA) is 38.5 Å². The van der Waals surface area contributed by atoms with Crippen molar-refractivity contribution in [2.24, 2.45) is 5.73 Å². The van der Waals surface area contributed by atoms with Gasteiger partial charge in [0.2, 0.25) is 0 Å². The highest BCUT2D eigenvalue weighted by Gasteiger charge is 2.35. The molecule has 1 aromatic heterocycles. The van der Waals surface area contributed by atoms with Gasteiger partial charge in [-0.25, -0.2) is 0 Å². The van der Waals surface area contributed by atoms with E-state index in [9.17, 15) is 0 Å². The number of thiophene rings is 1. The van der Waals surface area contributed by atoms with Crippen molar-refractivity contribution in [1.29, 1.82) is 0 Å². The zero-order valence-corrected chi connectivity index (χ0v) is 12.5. The van der Waals surface area contributed by atoms with Crippen LogP contribution < -0.4 is 5.73 Å². The molecule has 2 aliphatic rings. The lowest BCUT2D eigenvalue weighted by molar-refractivity contribution is -0.00771. The molecule has 1 fully saturated rings. The second kappa shape index (κ2) is 5.92. The van der Waals surface area contributed by atoms with Gasteiger partial charge in [0.1, 0.15) is 0 Å². The molecule has 3 nitrogen and oxygen atoms in total. The summed E-state index contributed by atoms with van der Waals surface area (Å²) in [5.41, 5.74) is 7.59. The summed E-state index contributed by atoms with van der Waals surface area (Å²) in [6, 6.07) is 3.41. The first-order valence-electron chi connectivity index (χ1n) is 7.38. The molecule has 3 rings (SSSR count). The first-order valence-corrected chi connectivity index (χ1v) is 8.26. The van der Waals surface area contributed by atoms with E-state index in [4.69, 9.17) is 10.5 Å². The van der Waals surface area contributed by atoms with Crippen LogP contribution in [0.25, 0.3) is 0 Å². The van der Waals surface area contributed by atoms with Gasteiger partial charge in [-0.3, -0.25) is 4.90 Å². The maximum Gasteiger partial charge on any atom is 0.0599 e. The van der Waals surface area contributed by atoms with Gasteiger partial charge in [0.15, 0.2) is 0 Å². The molecule has 1 saturated heterocycles. The first-order chi connectivity index (χ1) is 9.33. The highest BCUT2D eigenvalue weighted by Crippen LogP contribution is 2.39. The van der Waals surface area contributed by atoms with E-state index in [0.29, 0.717) is 18.2 Å². The third kappa shape index (κ3) is 2.59. The van der Waals surface area contributed by atoms with Crippen LogP contribution in [0.1, 0.15) is 42.2 Å². The summed E-state index contributed by atoms with van der Waals surface area (Å²) in [6.45, 7) is 1.87. The molecular weight excluding hydrogens is 256 g/mol. The predicted octanol–water partition coefficient (Wildman–Crippen LogP) is 2.56. The number of fused-ring (bicyclic) bond motifs is 1. The van der Waals surface area contributed by atoms with Gasteiger partial charge in [-0.1, -0.05) is 0 Å². The van der Waals surface area contributed by atoms with Crippen molar-refractivity contribution in [3.05, 3.63) is 21.9 Å². The normalized spacial score (nSPS) is 32.2. The third-order valence-electron chi connectivity index (χ3n) is 4.74. The first kappa shape index (κ1) is 13.6. The lowest BCUT2D eigenvalue weighted by atomic mass is 9.88. The minimum absolute atomic E-state index is 0.398. The van der Waals surface area contributed by atoms with Crippen molar-refractivity contribution in [1.82, 2.24) is 4.90 Å². The van der Waals surface area contributed by atoms with E-state index in [1.807, 2.05) is 18.4 Å². The van der Waals surface area contributed by atoms with Crippen molar-refractivity contribution >= 4 is 11.3 Å². The van der Waals surface area contributed by atoms with Gasteiger partial charge < -0.3 is 10.5 Å². The number of piperidine rings is 1. The molecule has 3 unspecified atom stereocenters. The zero-order valence-electron chi connectivity index (χ0n) is 11.7. The quantitative estimate of drug-likeness (QED) is 0.925. The molecule has 0 aromatic carbocycles. The minimum Gasteiger partial charge on any atom is -0.381 e. The van der Waals surface area contributed by atoms with Crippen molar-refractivity contribution < 1.29 is 4.74 Å². The van der Waals surface area contributed by atoms with Gasteiger partial charge in [0.25, 0.3) is 0 Å². The number of likely N-dealkylation sites (tertiary alicyclic amines) is 1. The SMILES string of the molecule is COC1CCN(C2CCCc3sccc32)C(CN)C1. The second-order valence-electron chi connectivity index (χ2n) is 5.72. The standard InChI is InChI=1S/C15H24N2OS/c1-18-12-5-7-17(11(9-12)10-16)14-3-2-4-15-13(14)6-8-19-15/h6,8,11-12,14H,2-5,7,9-10,16H2,1H3. The minimum atomic E-state index is 0.398. The van der Waals surface area contributed by atoms with Gasteiger partial charge >= 0.3 is 0 Å². The highest BCUT2D eigenvalue weighted by molar-refractivity contribution is 7.10. The fourth-order valence-corrected chi connectivity index (χ4v) is 4.68. The number of rotatable bonds is 3. The number of aryl methyl sites for hydroxylation is 1. The van der Waals surface area contributed by atoms with E-state index in [2.05, 4.69) is 16.3 Å². The molecule has 1 aliphatic carbocycles. The summed E-state index contributed by atoms with van der Waals surface area (Å²) in [4.78, 5) is 4.25. The number of hydrogen-bond donors (Lipinski definition) is 1. The number of hydrogen-bond acceptors (Lipinski definition) is 4. The summed E-state index contributed by atoms with van der Waals surface area (Å²) in [7, 11) is 1.82. The average Bonchev–Trinajstić information content (AvgIpc) is 2.95. The molecule has 106 valence electrons. The van der Waals surface area contributed by atoms with Gasteiger partial charge in [-0.05, 0) is 49.1 Å². The van der Waals surface area contributed by atoms with Gasteiger partial charge in [0, 0.05) is 37.2 Å². The van der Waals surface area contributed by atoms with Crippen LogP contribution in [-0.2, 0) is 11.2 Å². The van der Waals surface area contributed by atoms with Gasteiger partial charge in [-0.15, -0.1) is 11.3 Å². The van der Waals surface area contributed by atoms with E-state index < -0.39 is 0 Å². The molecule has 19 heavy (non-hydrogen) atoms. The molecule has 4 heteroatoms. The Hall–Kier alpha value is -0.420. The van der Waals surface area contributed by atoms with Crippen LogP contribution in [0.15, 0.2) is 11.4 Å². The van der Waals surface area contributed by atoms with E-state index >= 15 is 0 Å². The molecule has 0 saturated carbocycles. The molecule has 2 N–H and O–H groups in total. The van der Waals surface area contributed by atoms with Crippen molar-refractivity contribution in [2.45, 2.75) is 50.3 Å². The maximum atomic E-state index is 6.02. The molecule has 2 heterocycles. The number of nitrogens with zero attached hydrogens (tertiary/aromatic N) is 1. The third-order valence-corrected chi connectivity index (χ3v) is 5.74. The number of ether oxygens (including phenoxy) is 1. The van der Waals surface area contributed by atoms with Crippen molar-refractivity contribution in [2.75, 3.05) is 20.2 Å². The molecule has 0 radical (unpaired) electrons. The number of nitrogens with two attached hydrogens (primary N) is 1. The molecule has 1 aromatic rings. The largest absolute Gasteiger partial charge is 0.381 e. The lowest BCUT2D eigenvalue weighted by Gasteiger charge is -2.44. The monoisotopic (exact) mass is 280 g/mol. The Morgan fingerprint density at radius 2 is 2.37 bits per heavy atom. The van der Waals surface area contributed by atoms with Crippen LogP contribution in [0.4, 0.5) is 0 Å². The summed E-state index contributed by atoms with van der Waals surface area (Å²) in [5.74, 6) is 0. The zero-order chi connectivity index (χ0) is 13.2. The van der Waals surface area contributed by atoms with Crippen molar-refractivity contribution in [3.63, 3.8) is 0 Å². The smallest absolute Gasteiger partial charge is 0.0599 e. The Morgan fingerprint density at radius 3 is 3.16 bits per heavy atom. The molecule has 0 spiro atoms. The summed E-state index contributed by atoms with van der Waals surface area (Å²) in [5, 5.41) is 2.25. The Bertz CT molecular complexity index is 420. The van der Waals surface area contributed by atoms with Crippen LogP contribution in [0.5, 0.6) is 0 Å². The average molecular weight is 280 g/mol. The second-order valence-corrected chi connectivity index (χ2v) is 6.72. The highest BCUT2D eigenvalue weighted by atomic mass is 32.1. The van der Waals surface area contributed by atoms with Gasteiger partial charge in [0.05, 0.1) is 6.10 Å². The summed E-state index contributed by atoms with van der Waals surface area (Å²) in [6.07, 6.45) is 6.50. The predicted molar refractivity (Wildman–Crippen MR) is 79.6 cm³/mol. The lowest BCUT2D eigenvalue weighted by Crippen LogP contribution is -2.50. The van der Waals surface area contributed by atoms with Crippen LogP contribution in [0, 0.1) is 0 Å². The van der Waals surface area contributed by atoms with E-state index in [1.165, 1.54) is 19.3 Å². The van der Waals surface area contributed by atoms with Crippen LogP contribution in [0.2, 0.25) is 0 Å². The summed E-state index contributed by atoms with van der Waals surface area (Å²) < 4.78 is 5.53. The van der Waals surface area contributed by atoms with Crippen molar-refractivity contribution in [3.8, 4) is 0 Å². The van der Waals surface area contributed by atoms with E-state index in [0.717, 1.165) is 25.9 Å². The maximum absolute atomic E-state index is 6.02. The fourth-order valence-electron chi connectivity index (χ4n) is 3.69. The Kier molecular flexibility index (Phi) is 4.22. The van der Waals surface area contributed by atoms with E-state index in [-0.39, 0.29) is 0 Å². The fraction of sp³-hybridized carbons (Fsp3) is 0.733. The Morgan fingerprint density at radius 1 is 1.47 bits per heavy atom. The van der Waals surface area contributed by atoms with Crippen LogP contribution in [0.3, 0.4) is 0 Å². The van der Waals surface area contributed by atoms with Crippen LogP contribution >= 0.6 is 11.3 Å². The molecular formula is C15H24N2OS. The molecule has 1 aliphatic heterocycles. The molecule has 0 bridgehead atoms. The molecule has 3 atom stereocenters. The van der Waals surface area contributed by atoms with Crippen LogP contribution in [-0.4, -0.2) is 37.2 Å². The molecule has 0 amide bonds. The van der Waals surface area contributed by atoms with Gasteiger partial charge in [-0.2, -0.15) is 0 Å². The Labute approximate surface area is 119 Å². The van der Waals surface area contributed by atoms with E-state index in [1.54, 1.807) is 10.4 Å². The number of methoxy groups -OCH3 is 1. The Balaban J connectivity index is 1.79. The summed E-state index contributed by atoms with van der Waals surface area (Å²) >= 11 is 1.92.